The van der Waals surface area contributed by atoms with Crippen molar-refractivity contribution in [1.82, 2.24) is 10.2 Å². The topological polar surface area (TPSA) is 102 Å². The number of Topliss-reactive ketones (excluding diaryl/α,β-unsaturated/α-hetero) is 1. The Morgan fingerprint density at radius 3 is 2.15 bits per heavy atom. The van der Waals surface area contributed by atoms with Gasteiger partial charge in [-0.15, -0.1) is 10.2 Å². The number of benzene rings is 3. The minimum atomic E-state index is -0.947. The number of ether oxygens (including phenoxy) is 2. The summed E-state index contributed by atoms with van der Waals surface area (Å²) in [5.41, 5.74) is 1.85. The number of carbonyl (C=O) groups is 2. The Labute approximate surface area is 276 Å². The number of anilines is 1. The molecule has 11 heteroatoms. The molecule has 2 heterocycles. The Morgan fingerprint density at radius 1 is 0.870 bits per heavy atom. The SMILES string of the molecule is CCCCCOc1ccc(C2C(=C(O)c3ccc(OCCCC)cc3)C(=O)C(=O)N2c2nnc(SCc3ccc(F)cc3)s2)cc1. The number of hydrogen-bond acceptors (Lipinski definition) is 9. The normalized spacial score (nSPS) is 15.8. The van der Waals surface area contributed by atoms with Gasteiger partial charge in [-0.2, -0.15) is 0 Å². The van der Waals surface area contributed by atoms with Crippen molar-refractivity contribution >= 4 is 45.7 Å². The molecule has 1 aliphatic rings. The lowest BCUT2D eigenvalue weighted by Gasteiger charge is -2.22. The van der Waals surface area contributed by atoms with Crippen LogP contribution in [-0.4, -0.2) is 40.2 Å². The van der Waals surface area contributed by atoms with Crippen molar-refractivity contribution in [2.75, 3.05) is 18.1 Å². The molecule has 0 radical (unpaired) electrons. The molecule has 46 heavy (non-hydrogen) atoms. The number of unbranched alkanes of at least 4 members (excludes halogenated alkanes) is 3. The van der Waals surface area contributed by atoms with Crippen molar-refractivity contribution in [2.45, 2.75) is 62.1 Å². The molecule has 4 aromatic rings. The van der Waals surface area contributed by atoms with Gasteiger partial charge < -0.3 is 14.6 Å². The number of rotatable bonds is 15. The van der Waals surface area contributed by atoms with Crippen LogP contribution < -0.4 is 14.4 Å². The van der Waals surface area contributed by atoms with Gasteiger partial charge in [-0.1, -0.05) is 80.5 Å². The van der Waals surface area contributed by atoms with Gasteiger partial charge >= 0.3 is 5.91 Å². The Hall–Kier alpha value is -4.22. The lowest BCUT2D eigenvalue weighted by atomic mass is 9.95. The number of ketones is 1. The van der Waals surface area contributed by atoms with Gasteiger partial charge in [-0.25, -0.2) is 4.39 Å². The highest BCUT2D eigenvalue weighted by Gasteiger charge is 2.48. The molecule has 1 saturated heterocycles. The van der Waals surface area contributed by atoms with Crippen LogP contribution in [0.5, 0.6) is 11.5 Å². The van der Waals surface area contributed by atoms with E-state index < -0.39 is 17.7 Å². The number of aromatic nitrogens is 2. The smallest absolute Gasteiger partial charge is 0.301 e. The number of thioether (sulfide) groups is 1. The van der Waals surface area contributed by atoms with E-state index in [1.807, 2.05) is 0 Å². The van der Waals surface area contributed by atoms with Gasteiger partial charge in [0.05, 0.1) is 24.8 Å². The van der Waals surface area contributed by atoms with Gasteiger partial charge in [0, 0.05) is 11.3 Å². The molecule has 1 fully saturated rings. The number of aliphatic hydroxyl groups excluding tert-OH is 1. The van der Waals surface area contributed by atoms with Crippen LogP contribution in [0.15, 0.2) is 82.7 Å². The lowest BCUT2D eigenvalue weighted by molar-refractivity contribution is -0.132. The number of hydrogen-bond donors (Lipinski definition) is 1. The van der Waals surface area contributed by atoms with Crippen LogP contribution in [-0.2, 0) is 15.3 Å². The number of aliphatic hydroxyl groups is 1. The largest absolute Gasteiger partial charge is 0.507 e. The molecular formula is C35H36FN3O5S2. The van der Waals surface area contributed by atoms with E-state index in [9.17, 15) is 19.1 Å². The Balaban J connectivity index is 1.46. The van der Waals surface area contributed by atoms with Crippen LogP contribution >= 0.6 is 23.1 Å². The van der Waals surface area contributed by atoms with Crippen LogP contribution in [0.3, 0.4) is 0 Å². The summed E-state index contributed by atoms with van der Waals surface area (Å²) < 4.78 is 25.5. The average Bonchev–Trinajstić information content (AvgIpc) is 3.65. The van der Waals surface area contributed by atoms with Crippen LogP contribution in [0, 0.1) is 5.82 Å². The molecule has 0 bridgehead atoms. The van der Waals surface area contributed by atoms with Crippen molar-refractivity contribution in [2.24, 2.45) is 0 Å². The third-order valence-electron chi connectivity index (χ3n) is 7.43. The number of carbonyl (C=O) groups excluding carboxylic acids is 2. The molecule has 5 rings (SSSR count). The van der Waals surface area contributed by atoms with Crippen LogP contribution in [0.1, 0.15) is 68.7 Å². The molecule has 240 valence electrons. The minimum absolute atomic E-state index is 0.0445. The molecule has 1 aliphatic heterocycles. The number of amides is 1. The maximum Gasteiger partial charge on any atom is 0.301 e. The Kier molecular flexibility index (Phi) is 11.4. The summed E-state index contributed by atoms with van der Waals surface area (Å²) >= 11 is 2.56. The van der Waals surface area contributed by atoms with E-state index >= 15 is 0 Å². The zero-order chi connectivity index (χ0) is 32.5. The van der Waals surface area contributed by atoms with E-state index in [-0.39, 0.29) is 22.3 Å². The van der Waals surface area contributed by atoms with E-state index in [1.165, 1.54) is 40.1 Å². The van der Waals surface area contributed by atoms with Gasteiger partial charge in [-0.05, 0) is 72.5 Å². The first-order chi connectivity index (χ1) is 22.4. The van der Waals surface area contributed by atoms with Crippen LogP contribution in [0.4, 0.5) is 9.52 Å². The summed E-state index contributed by atoms with van der Waals surface area (Å²) in [6.45, 7) is 5.39. The van der Waals surface area contributed by atoms with E-state index in [4.69, 9.17) is 9.47 Å². The fourth-order valence-electron chi connectivity index (χ4n) is 4.92. The second-order valence-electron chi connectivity index (χ2n) is 10.8. The van der Waals surface area contributed by atoms with Crippen LogP contribution in [0.25, 0.3) is 5.76 Å². The van der Waals surface area contributed by atoms with Crippen molar-refractivity contribution in [1.29, 1.82) is 0 Å². The van der Waals surface area contributed by atoms with Crippen molar-refractivity contribution in [3.63, 3.8) is 0 Å². The highest BCUT2D eigenvalue weighted by molar-refractivity contribution is 8.00. The van der Waals surface area contributed by atoms with Gasteiger partial charge in [-0.3, -0.25) is 14.5 Å². The predicted molar refractivity (Wildman–Crippen MR) is 179 cm³/mol. The molecule has 0 saturated carbocycles. The molecule has 0 spiro atoms. The molecule has 0 aliphatic carbocycles. The summed E-state index contributed by atoms with van der Waals surface area (Å²) in [4.78, 5) is 28.5. The minimum Gasteiger partial charge on any atom is -0.507 e. The van der Waals surface area contributed by atoms with E-state index in [2.05, 4.69) is 24.0 Å². The van der Waals surface area contributed by atoms with Crippen LogP contribution in [0.2, 0.25) is 0 Å². The standard InChI is InChI=1S/C35H36FN3O5S2/c1-3-5-7-21-44-27-16-10-24(11-17-27)30-29(31(40)25-12-18-28(19-13-25)43-20-6-4-2)32(41)33(42)39(30)34-37-38-35(46-34)45-22-23-8-14-26(36)15-9-23/h8-19,30,40H,3-7,20-22H2,1-2H3. The highest BCUT2D eigenvalue weighted by atomic mass is 32.2. The molecule has 8 nitrogen and oxygen atoms in total. The fraction of sp³-hybridized carbons (Fsp3) is 0.314. The first-order valence-corrected chi connectivity index (χ1v) is 17.2. The van der Waals surface area contributed by atoms with E-state index in [1.54, 1.807) is 60.7 Å². The Morgan fingerprint density at radius 2 is 1.50 bits per heavy atom. The monoisotopic (exact) mass is 661 g/mol. The summed E-state index contributed by atoms with van der Waals surface area (Å²) in [5.74, 6) is -0.383. The van der Waals surface area contributed by atoms with Gasteiger partial charge in [0.2, 0.25) is 5.13 Å². The van der Waals surface area contributed by atoms with Gasteiger partial charge in [0.15, 0.2) is 4.34 Å². The fourth-order valence-corrected chi connectivity index (χ4v) is 6.74. The highest BCUT2D eigenvalue weighted by Crippen LogP contribution is 2.44. The van der Waals surface area contributed by atoms with E-state index in [0.29, 0.717) is 45.9 Å². The maximum atomic E-state index is 13.6. The molecule has 1 unspecified atom stereocenters. The molecular weight excluding hydrogens is 626 g/mol. The molecule has 1 amide bonds. The average molecular weight is 662 g/mol. The summed E-state index contributed by atoms with van der Waals surface area (Å²) in [5, 5.41) is 20.3. The first kappa shape index (κ1) is 33.2. The third-order valence-corrected chi connectivity index (χ3v) is 9.56. The summed E-state index contributed by atoms with van der Waals surface area (Å²) in [6, 6.07) is 19.2. The summed E-state index contributed by atoms with van der Waals surface area (Å²) in [7, 11) is 0. The number of nitrogens with zero attached hydrogens (tertiary/aromatic N) is 3. The first-order valence-electron chi connectivity index (χ1n) is 15.4. The second kappa shape index (κ2) is 15.9. The molecule has 1 N–H and O–H groups in total. The van der Waals surface area contributed by atoms with Gasteiger partial charge in [0.25, 0.3) is 5.78 Å². The zero-order valence-electron chi connectivity index (χ0n) is 25.8. The van der Waals surface area contributed by atoms with Crippen molar-refractivity contribution in [3.05, 3.63) is 101 Å². The predicted octanol–water partition coefficient (Wildman–Crippen LogP) is 8.34. The lowest BCUT2D eigenvalue weighted by Crippen LogP contribution is -2.29. The van der Waals surface area contributed by atoms with E-state index in [0.717, 1.165) is 37.7 Å². The quantitative estimate of drug-likeness (QED) is 0.0339. The van der Waals surface area contributed by atoms with Crippen molar-refractivity contribution in [3.8, 4) is 11.5 Å². The molecule has 1 atom stereocenters. The molecule has 3 aromatic carbocycles. The third kappa shape index (κ3) is 7.94. The zero-order valence-corrected chi connectivity index (χ0v) is 27.4. The molecule has 1 aromatic heterocycles. The maximum absolute atomic E-state index is 13.6. The van der Waals surface area contributed by atoms with Gasteiger partial charge in [0.1, 0.15) is 23.1 Å². The van der Waals surface area contributed by atoms with Crippen molar-refractivity contribution < 1.29 is 28.6 Å². The second-order valence-corrected chi connectivity index (χ2v) is 13.0. The Bertz CT molecular complexity index is 1660. The summed E-state index contributed by atoms with van der Waals surface area (Å²) in [6.07, 6.45) is 5.04. The number of halogens is 1.